The van der Waals surface area contributed by atoms with Gasteiger partial charge in [0.25, 0.3) is 5.91 Å². The normalized spacial score (nSPS) is 10.3. The fourth-order valence-corrected chi connectivity index (χ4v) is 2.36. The number of phenols is 1. The highest BCUT2D eigenvalue weighted by atomic mass is 79.9. The van der Waals surface area contributed by atoms with E-state index < -0.39 is 5.82 Å². The van der Waals surface area contributed by atoms with Gasteiger partial charge in [0.1, 0.15) is 11.6 Å². The molecule has 1 amide bonds. The zero-order valence-corrected chi connectivity index (χ0v) is 12.4. The lowest BCUT2D eigenvalue weighted by molar-refractivity contribution is 0.0783. The molecule has 0 aromatic heterocycles. The van der Waals surface area contributed by atoms with Crippen molar-refractivity contribution in [2.45, 2.75) is 6.54 Å². The number of hydrogen-bond acceptors (Lipinski definition) is 2. The lowest BCUT2D eigenvalue weighted by Gasteiger charge is -2.18. The Bertz CT molecular complexity index is 646. The Morgan fingerprint density at radius 3 is 2.65 bits per heavy atom. The molecule has 0 aliphatic heterocycles. The summed E-state index contributed by atoms with van der Waals surface area (Å²) in [5, 5.41) is 9.71. The maximum atomic E-state index is 13.0. The standard InChI is InChI=1S/C15H13BrFNO2/c1-18(9-10-4-2-3-5-14(10)19)15(20)12-7-6-11(17)8-13(12)16/h2-8,19H,9H2,1H3. The summed E-state index contributed by atoms with van der Waals surface area (Å²) >= 11 is 3.18. The molecule has 2 aromatic carbocycles. The van der Waals surface area contributed by atoms with E-state index in [1.165, 1.54) is 23.1 Å². The lowest BCUT2D eigenvalue weighted by Crippen LogP contribution is -2.26. The Kier molecular flexibility index (Phi) is 4.39. The molecule has 0 heterocycles. The Morgan fingerprint density at radius 1 is 1.30 bits per heavy atom. The van der Waals surface area contributed by atoms with Gasteiger partial charge in [-0.05, 0) is 40.2 Å². The van der Waals surface area contributed by atoms with Crippen LogP contribution >= 0.6 is 15.9 Å². The van der Waals surface area contributed by atoms with Crippen LogP contribution in [0.3, 0.4) is 0 Å². The third-order valence-corrected chi connectivity index (χ3v) is 3.56. The van der Waals surface area contributed by atoms with Crippen molar-refractivity contribution in [2.75, 3.05) is 7.05 Å². The van der Waals surface area contributed by atoms with Crippen molar-refractivity contribution in [3.05, 3.63) is 63.9 Å². The number of hydrogen-bond donors (Lipinski definition) is 1. The van der Waals surface area contributed by atoms with Gasteiger partial charge in [-0.15, -0.1) is 0 Å². The minimum absolute atomic E-state index is 0.144. The zero-order chi connectivity index (χ0) is 14.7. The van der Waals surface area contributed by atoms with E-state index in [2.05, 4.69) is 15.9 Å². The average molecular weight is 338 g/mol. The van der Waals surface area contributed by atoms with Crippen molar-refractivity contribution in [2.24, 2.45) is 0 Å². The van der Waals surface area contributed by atoms with Crippen LogP contribution in [0.4, 0.5) is 4.39 Å². The number of carbonyl (C=O) groups is 1. The Labute approximate surface area is 124 Å². The van der Waals surface area contributed by atoms with Gasteiger partial charge in [0, 0.05) is 23.6 Å². The average Bonchev–Trinajstić information content (AvgIpc) is 2.40. The van der Waals surface area contributed by atoms with Crippen molar-refractivity contribution < 1.29 is 14.3 Å². The number of carbonyl (C=O) groups excluding carboxylic acids is 1. The molecule has 2 aromatic rings. The molecule has 0 radical (unpaired) electrons. The summed E-state index contributed by atoms with van der Waals surface area (Å²) in [5.74, 6) is -0.512. The van der Waals surface area contributed by atoms with Crippen LogP contribution in [0, 0.1) is 5.82 Å². The van der Waals surface area contributed by atoms with Gasteiger partial charge < -0.3 is 10.0 Å². The molecular formula is C15H13BrFNO2. The summed E-state index contributed by atoms with van der Waals surface area (Å²) in [4.78, 5) is 13.7. The van der Waals surface area contributed by atoms with Crippen molar-refractivity contribution in [1.82, 2.24) is 4.90 Å². The predicted molar refractivity (Wildman–Crippen MR) is 78.0 cm³/mol. The lowest BCUT2D eigenvalue weighted by atomic mass is 10.1. The highest BCUT2D eigenvalue weighted by Gasteiger charge is 2.16. The van der Waals surface area contributed by atoms with E-state index in [9.17, 15) is 14.3 Å². The van der Waals surface area contributed by atoms with E-state index in [0.717, 1.165) is 0 Å². The fourth-order valence-electron chi connectivity index (χ4n) is 1.84. The number of para-hydroxylation sites is 1. The van der Waals surface area contributed by atoms with Crippen LogP contribution in [-0.4, -0.2) is 23.0 Å². The van der Waals surface area contributed by atoms with E-state index in [0.29, 0.717) is 15.6 Å². The molecule has 0 saturated heterocycles. The number of benzene rings is 2. The molecule has 3 nitrogen and oxygen atoms in total. The quantitative estimate of drug-likeness (QED) is 0.930. The molecule has 104 valence electrons. The second-order valence-electron chi connectivity index (χ2n) is 4.41. The summed E-state index contributed by atoms with van der Waals surface area (Å²) in [5.41, 5.74) is 1.03. The van der Waals surface area contributed by atoms with Crippen molar-refractivity contribution in [1.29, 1.82) is 0 Å². The monoisotopic (exact) mass is 337 g/mol. The largest absolute Gasteiger partial charge is 0.508 e. The predicted octanol–water partition coefficient (Wildman–Crippen LogP) is 3.57. The summed E-state index contributed by atoms with van der Waals surface area (Å²) in [7, 11) is 1.63. The first kappa shape index (κ1) is 14.5. The van der Waals surface area contributed by atoms with E-state index >= 15 is 0 Å². The molecule has 0 fully saturated rings. The Balaban J connectivity index is 2.19. The maximum Gasteiger partial charge on any atom is 0.255 e. The van der Waals surface area contributed by atoms with Gasteiger partial charge in [0.05, 0.1) is 5.56 Å². The summed E-state index contributed by atoms with van der Waals surface area (Å²) in [6.45, 7) is 0.273. The van der Waals surface area contributed by atoms with Crippen LogP contribution in [-0.2, 0) is 6.54 Å². The summed E-state index contributed by atoms with van der Waals surface area (Å²) in [6, 6.07) is 10.8. The van der Waals surface area contributed by atoms with Crippen LogP contribution in [0.1, 0.15) is 15.9 Å². The maximum absolute atomic E-state index is 13.0. The zero-order valence-electron chi connectivity index (χ0n) is 10.8. The number of amides is 1. The number of nitrogens with zero attached hydrogens (tertiary/aromatic N) is 1. The summed E-state index contributed by atoms with van der Waals surface area (Å²) < 4.78 is 13.4. The molecule has 0 spiro atoms. The number of aromatic hydroxyl groups is 1. The fraction of sp³-hybridized carbons (Fsp3) is 0.133. The van der Waals surface area contributed by atoms with Crippen molar-refractivity contribution >= 4 is 21.8 Å². The van der Waals surface area contributed by atoms with Gasteiger partial charge >= 0.3 is 0 Å². The van der Waals surface area contributed by atoms with Crippen LogP contribution in [0.5, 0.6) is 5.75 Å². The Morgan fingerprint density at radius 2 is 2.00 bits per heavy atom. The molecule has 0 aliphatic rings. The van der Waals surface area contributed by atoms with Crippen LogP contribution in [0.2, 0.25) is 0 Å². The molecule has 0 aliphatic carbocycles. The molecule has 5 heteroatoms. The van der Waals surface area contributed by atoms with E-state index in [-0.39, 0.29) is 18.2 Å². The minimum Gasteiger partial charge on any atom is -0.508 e. The van der Waals surface area contributed by atoms with E-state index in [1.54, 1.807) is 31.3 Å². The second kappa shape index (κ2) is 6.05. The van der Waals surface area contributed by atoms with Gasteiger partial charge in [-0.3, -0.25) is 4.79 Å². The van der Waals surface area contributed by atoms with Crippen LogP contribution < -0.4 is 0 Å². The summed E-state index contributed by atoms with van der Waals surface area (Å²) in [6.07, 6.45) is 0. The molecule has 20 heavy (non-hydrogen) atoms. The molecule has 0 saturated carbocycles. The third-order valence-electron chi connectivity index (χ3n) is 2.91. The SMILES string of the molecule is CN(Cc1ccccc1O)C(=O)c1ccc(F)cc1Br. The molecule has 2 rings (SSSR count). The molecule has 0 bridgehead atoms. The third kappa shape index (κ3) is 3.17. The first-order chi connectivity index (χ1) is 9.49. The molecular weight excluding hydrogens is 325 g/mol. The minimum atomic E-state index is -0.406. The van der Waals surface area contributed by atoms with E-state index in [1.807, 2.05) is 0 Å². The molecule has 0 atom stereocenters. The van der Waals surface area contributed by atoms with Gasteiger partial charge in [-0.25, -0.2) is 4.39 Å². The smallest absolute Gasteiger partial charge is 0.255 e. The second-order valence-corrected chi connectivity index (χ2v) is 5.27. The van der Waals surface area contributed by atoms with Gasteiger partial charge in [0.2, 0.25) is 0 Å². The van der Waals surface area contributed by atoms with Crippen molar-refractivity contribution in [3.63, 3.8) is 0 Å². The Hall–Kier alpha value is -1.88. The highest BCUT2D eigenvalue weighted by Crippen LogP contribution is 2.22. The van der Waals surface area contributed by atoms with Gasteiger partial charge in [-0.2, -0.15) is 0 Å². The number of phenolic OH excluding ortho intramolecular Hbond substituents is 1. The van der Waals surface area contributed by atoms with Crippen LogP contribution in [0.25, 0.3) is 0 Å². The highest BCUT2D eigenvalue weighted by molar-refractivity contribution is 9.10. The number of rotatable bonds is 3. The van der Waals surface area contributed by atoms with E-state index in [4.69, 9.17) is 0 Å². The van der Waals surface area contributed by atoms with Gasteiger partial charge in [0.15, 0.2) is 0 Å². The first-order valence-electron chi connectivity index (χ1n) is 5.96. The topological polar surface area (TPSA) is 40.5 Å². The van der Waals surface area contributed by atoms with Gasteiger partial charge in [-0.1, -0.05) is 18.2 Å². The molecule has 1 N–H and O–H groups in total. The number of halogens is 2. The van der Waals surface area contributed by atoms with Crippen molar-refractivity contribution in [3.8, 4) is 5.75 Å². The van der Waals surface area contributed by atoms with Crippen LogP contribution in [0.15, 0.2) is 46.9 Å². The first-order valence-corrected chi connectivity index (χ1v) is 6.75. The molecule has 0 unspecified atom stereocenters.